The van der Waals surface area contributed by atoms with Gasteiger partial charge in [0.1, 0.15) is 17.9 Å². The number of benzene rings is 3. The van der Waals surface area contributed by atoms with Crippen molar-refractivity contribution >= 4 is 34.6 Å². The monoisotopic (exact) mass is 638 g/mol. The Morgan fingerprint density at radius 2 is 1.64 bits per heavy atom. The number of piperidine rings is 2. The molecule has 2 aromatic carbocycles. The molecule has 47 heavy (non-hydrogen) atoms. The second kappa shape index (κ2) is 14.4. The fraction of sp³-hybridized carbons (Fsp3) is 0.421. The number of carboxylic acids is 1. The van der Waals surface area contributed by atoms with Crippen molar-refractivity contribution in [3.63, 3.8) is 0 Å². The largest absolute Gasteiger partial charge is 0.545 e. The minimum Gasteiger partial charge on any atom is -0.545 e. The first-order valence-electron chi connectivity index (χ1n) is 16.7. The van der Waals surface area contributed by atoms with Crippen molar-refractivity contribution in [1.29, 1.82) is 0 Å². The van der Waals surface area contributed by atoms with E-state index < -0.39 is 5.97 Å². The number of carboxylic acid groups (broad SMARTS) is 1. The summed E-state index contributed by atoms with van der Waals surface area (Å²) in [5.74, 6) is -1.12. The number of carbonyl (C=O) groups excluding carboxylic acids is 3. The van der Waals surface area contributed by atoms with Crippen molar-refractivity contribution in [3.8, 4) is 22.5 Å². The van der Waals surface area contributed by atoms with Crippen LogP contribution < -0.4 is 19.9 Å². The molecule has 9 nitrogen and oxygen atoms in total. The highest BCUT2D eigenvalue weighted by molar-refractivity contribution is 6.07. The first-order valence-corrected chi connectivity index (χ1v) is 16.7. The zero-order valence-electron chi connectivity index (χ0n) is 27.2. The lowest BCUT2D eigenvalue weighted by Gasteiger charge is -2.37. The van der Waals surface area contributed by atoms with E-state index in [1.807, 2.05) is 24.3 Å². The molecular weight excluding hydrogens is 596 g/mol. The number of aromatic carboxylic acids is 1. The number of fused-ring (bicyclic) bond motifs is 2. The van der Waals surface area contributed by atoms with Crippen molar-refractivity contribution in [2.45, 2.75) is 77.3 Å². The van der Waals surface area contributed by atoms with Crippen LogP contribution in [0.3, 0.4) is 0 Å². The van der Waals surface area contributed by atoms with E-state index in [2.05, 4.69) is 33.7 Å². The minimum atomic E-state index is -1.23. The summed E-state index contributed by atoms with van der Waals surface area (Å²) in [6.45, 7) is 5.40. The van der Waals surface area contributed by atoms with Crippen LogP contribution in [0.4, 0.5) is 5.69 Å². The topological polar surface area (TPSA) is 112 Å². The standard InChI is InChI=1S/C38H42N2O7/c1-25(41)45-21-17-27-9-5-7-19-39(27)29-13-15-33-35(23-29)47-36-24-30(40-20-8-6-10-28(40)18-22-46-26(2)42)14-16-34(36)37(33)31-11-3-4-12-32(31)38(43)44/h3-4,11-16,23-24,27-28H,5-10,17-22H2,1-2H3. The molecular formula is C38H42N2O7. The molecule has 246 valence electrons. The second-order valence-electron chi connectivity index (χ2n) is 12.6. The molecule has 0 radical (unpaired) electrons. The minimum absolute atomic E-state index is 0.123. The van der Waals surface area contributed by atoms with Gasteiger partial charge in [0.05, 0.1) is 25.2 Å². The van der Waals surface area contributed by atoms with Crippen molar-refractivity contribution in [1.82, 2.24) is 4.58 Å². The molecule has 9 heteroatoms. The molecule has 0 bridgehead atoms. The lowest BCUT2D eigenvalue weighted by atomic mass is 9.90. The van der Waals surface area contributed by atoms with E-state index in [9.17, 15) is 19.5 Å². The number of carbonyl (C=O) groups is 3. The van der Waals surface area contributed by atoms with Gasteiger partial charge in [-0.2, -0.15) is 0 Å². The average Bonchev–Trinajstić information content (AvgIpc) is 3.07. The Morgan fingerprint density at radius 1 is 0.872 bits per heavy atom. The summed E-state index contributed by atoms with van der Waals surface area (Å²) in [7, 11) is 0. The van der Waals surface area contributed by atoms with Crippen LogP contribution in [0.5, 0.6) is 0 Å². The maximum absolute atomic E-state index is 12.3. The van der Waals surface area contributed by atoms with Gasteiger partial charge in [-0.3, -0.25) is 9.59 Å². The van der Waals surface area contributed by atoms with Gasteiger partial charge in [0.25, 0.3) is 0 Å². The van der Waals surface area contributed by atoms with E-state index in [1.165, 1.54) is 13.8 Å². The Hall–Kier alpha value is -4.66. The SMILES string of the molecule is CC(=O)OCCC1CCCCN1c1ccc2c(-c3ccccc3C(=O)[O-])c3ccc(=[N+]4CCCCC4CCOC(C)=O)cc-3oc2c1. The molecule has 0 N–H and O–H groups in total. The van der Waals surface area contributed by atoms with Crippen molar-refractivity contribution in [2.24, 2.45) is 0 Å². The molecule has 2 fully saturated rings. The van der Waals surface area contributed by atoms with Gasteiger partial charge in [0.2, 0.25) is 5.36 Å². The van der Waals surface area contributed by atoms with Crippen LogP contribution in [0, 0.1) is 0 Å². The molecule has 1 aliphatic carbocycles. The first kappa shape index (κ1) is 32.3. The molecule has 3 heterocycles. The van der Waals surface area contributed by atoms with E-state index >= 15 is 0 Å². The Bertz CT molecular complexity index is 1830. The Kier molecular flexibility index (Phi) is 9.90. The molecule has 6 rings (SSSR count). The summed E-state index contributed by atoms with van der Waals surface area (Å²) in [6.07, 6.45) is 7.89. The van der Waals surface area contributed by atoms with Gasteiger partial charge < -0.3 is 28.7 Å². The lowest BCUT2D eigenvalue weighted by molar-refractivity contribution is -0.255. The fourth-order valence-electron chi connectivity index (χ4n) is 7.35. The molecule has 2 unspecified atom stereocenters. The number of hydrogen-bond donors (Lipinski definition) is 0. The highest BCUT2D eigenvalue weighted by Gasteiger charge is 2.28. The van der Waals surface area contributed by atoms with Crippen LogP contribution in [0.15, 0.2) is 65.1 Å². The smallest absolute Gasteiger partial charge is 0.302 e. The molecule has 3 aliphatic heterocycles. The molecule has 0 saturated carbocycles. The van der Waals surface area contributed by atoms with Gasteiger partial charge >= 0.3 is 11.9 Å². The average molecular weight is 639 g/mol. The lowest BCUT2D eigenvalue weighted by Crippen LogP contribution is -2.43. The van der Waals surface area contributed by atoms with Crippen LogP contribution in [-0.2, 0) is 19.1 Å². The predicted molar refractivity (Wildman–Crippen MR) is 178 cm³/mol. The summed E-state index contributed by atoms with van der Waals surface area (Å²) in [4.78, 5) is 37.5. The Morgan fingerprint density at radius 3 is 2.43 bits per heavy atom. The first-order chi connectivity index (χ1) is 22.8. The number of rotatable bonds is 9. The van der Waals surface area contributed by atoms with Crippen LogP contribution in [0.1, 0.15) is 75.6 Å². The number of anilines is 1. The summed E-state index contributed by atoms with van der Waals surface area (Å²) < 4.78 is 19.6. The second-order valence-corrected chi connectivity index (χ2v) is 12.6. The van der Waals surface area contributed by atoms with Crippen LogP contribution in [0.25, 0.3) is 33.4 Å². The maximum atomic E-state index is 12.3. The van der Waals surface area contributed by atoms with E-state index in [-0.39, 0.29) is 29.6 Å². The fourth-order valence-corrected chi connectivity index (χ4v) is 7.35. The number of esters is 2. The van der Waals surface area contributed by atoms with Gasteiger partial charge in [-0.1, -0.05) is 24.3 Å². The van der Waals surface area contributed by atoms with Crippen LogP contribution in [0.2, 0.25) is 0 Å². The number of nitrogens with zero attached hydrogens (tertiary/aromatic N) is 2. The third kappa shape index (κ3) is 7.19. The van der Waals surface area contributed by atoms with Gasteiger partial charge in [-0.05, 0) is 49.4 Å². The third-order valence-corrected chi connectivity index (χ3v) is 9.54. The highest BCUT2D eigenvalue weighted by atomic mass is 16.5. The molecule has 0 aromatic heterocycles. The van der Waals surface area contributed by atoms with Crippen LogP contribution in [-0.4, -0.2) is 56.3 Å². The van der Waals surface area contributed by atoms with Gasteiger partial charge in [0.15, 0.2) is 6.04 Å². The van der Waals surface area contributed by atoms with Gasteiger partial charge in [-0.25, -0.2) is 4.58 Å². The van der Waals surface area contributed by atoms with Crippen molar-refractivity contribution in [3.05, 3.63) is 71.6 Å². The summed E-state index contributed by atoms with van der Waals surface area (Å²) in [5.41, 5.74) is 3.98. The summed E-state index contributed by atoms with van der Waals surface area (Å²) in [5, 5.41) is 14.1. The van der Waals surface area contributed by atoms with Crippen LogP contribution >= 0.6 is 0 Å². The molecule has 4 aliphatic rings. The zero-order chi connectivity index (χ0) is 32.9. The van der Waals surface area contributed by atoms with Gasteiger partial charge in [0, 0.05) is 92.0 Å². The quantitative estimate of drug-likeness (QED) is 0.141. The molecule has 0 amide bonds. The molecule has 0 spiro atoms. The number of hydrogen-bond acceptors (Lipinski definition) is 8. The van der Waals surface area contributed by atoms with E-state index in [0.29, 0.717) is 30.1 Å². The molecule has 2 saturated heterocycles. The molecule has 2 aromatic rings. The van der Waals surface area contributed by atoms with E-state index in [0.717, 1.165) is 92.0 Å². The Labute approximate surface area is 274 Å². The summed E-state index contributed by atoms with van der Waals surface area (Å²) >= 11 is 0. The highest BCUT2D eigenvalue weighted by Crippen LogP contribution is 2.42. The number of ether oxygens (including phenoxy) is 2. The van der Waals surface area contributed by atoms with E-state index in [4.69, 9.17) is 13.9 Å². The van der Waals surface area contributed by atoms with Crippen molar-refractivity contribution in [2.75, 3.05) is 31.2 Å². The van der Waals surface area contributed by atoms with E-state index in [1.54, 1.807) is 12.1 Å². The van der Waals surface area contributed by atoms with Gasteiger partial charge in [-0.15, -0.1) is 0 Å². The maximum Gasteiger partial charge on any atom is 0.302 e. The van der Waals surface area contributed by atoms with Crippen molar-refractivity contribution < 1.29 is 33.4 Å². The third-order valence-electron chi connectivity index (χ3n) is 9.54. The summed E-state index contributed by atoms with van der Waals surface area (Å²) in [6, 6.07) is 19.7. The molecule has 2 atom stereocenters. The Balaban J connectivity index is 1.50. The zero-order valence-corrected chi connectivity index (χ0v) is 27.2. The predicted octanol–water partition coefficient (Wildman–Crippen LogP) is 5.16. The normalized spacial score (nSPS) is 19.5.